The van der Waals surface area contributed by atoms with Crippen molar-refractivity contribution >= 4 is 27.5 Å². The fraction of sp³-hybridized carbons (Fsp3) is 0.217. The third-order valence-corrected chi connectivity index (χ3v) is 6.49. The highest BCUT2D eigenvalue weighted by Gasteiger charge is 2.24. The number of nitrogens with zero attached hydrogens (tertiary/aromatic N) is 2. The molecular formula is C23H20FN3O2S. The average Bonchev–Trinajstić information content (AvgIpc) is 3.31. The number of hydrogen-bond donors (Lipinski definition) is 1. The number of fused-ring (bicyclic) bond motifs is 2. The van der Waals surface area contributed by atoms with E-state index in [-0.39, 0.29) is 17.8 Å². The molecule has 0 bridgehead atoms. The van der Waals surface area contributed by atoms with E-state index >= 15 is 0 Å². The number of amides is 1. The Morgan fingerprint density at radius 2 is 2.07 bits per heavy atom. The number of benzene rings is 2. The minimum atomic E-state index is -0.259. The van der Waals surface area contributed by atoms with Crippen LogP contribution in [0.25, 0.3) is 10.2 Å². The highest BCUT2D eigenvalue weighted by atomic mass is 32.1. The molecule has 0 aliphatic carbocycles. The van der Waals surface area contributed by atoms with Crippen LogP contribution in [0.15, 0.2) is 54.6 Å². The summed E-state index contributed by atoms with van der Waals surface area (Å²) in [5, 5.41) is 8.73. The van der Waals surface area contributed by atoms with Crippen LogP contribution in [-0.4, -0.2) is 22.3 Å². The molecule has 1 atom stereocenters. The van der Waals surface area contributed by atoms with Crippen LogP contribution in [0.3, 0.4) is 0 Å². The number of hydrogen-bond acceptors (Lipinski definition) is 4. The molecule has 0 fully saturated rings. The number of carbonyl (C=O) groups excluding carboxylic acids is 1. The lowest BCUT2D eigenvalue weighted by molar-refractivity contribution is 0.0929. The molecule has 1 N–H and O–H groups in total. The lowest BCUT2D eigenvalue weighted by atomic mass is 10.0. The van der Waals surface area contributed by atoms with Gasteiger partial charge in [0.05, 0.1) is 29.8 Å². The zero-order valence-corrected chi connectivity index (χ0v) is 17.2. The van der Waals surface area contributed by atoms with Gasteiger partial charge >= 0.3 is 0 Å². The van der Waals surface area contributed by atoms with E-state index in [4.69, 9.17) is 4.74 Å². The number of halogens is 1. The third-order valence-electron chi connectivity index (χ3n) is 5.34. The molecule has 152 valence electrons. The predicted molar refractivity (Wildman–Crippen MR) is 115 cm³/mol. The van der Waals surface area contributed by atoms with Crippen molar-refractivity contribution in [2.24, 2.45) is 0 Å². The fourth-order valence-corrected chi connectivity index (χ4v) is 4.88. The van der Waals surface area contributed by atoms with Gasteiger partial charge in [0.15, 0.2) is 0 Å². The second-order valence-electron chi connectivity index (χ2n) is 7.40. The fourth-order valence-electron chi connectivity index (χ4n) is 3.82. The molecule has 0 saturated heterocycles. The molecule has 1 aliphatic heterocycles. The van der Waals surface area contributed by atoms with Gasteiger partial charge in [0.1, 0.15) is 16.4 Å². The van der Waals surface area contributed by atoms with E-state index in [1.165, 1.54) is 23.5 Å². The second kappa shape index (κ2) is 7.57. The summed E-state index contributed by atoms with van der Waals surface area (Å²) in [6.07, 6.45) is 0.741. The molecular weight excluding hydrogens is 401 g/mol. The van der Waals surface area contributed by atoms with Gasteiger partial charge in [-0.1, -0.05) is 30.3 Å². The number of thiophene rings is 1. The maximum absolute atomic E-state index is 13.2. The molecule has 5 nitrogen and oxygen atoms in total. The Bertz CT molecular complexity index is 1230. The Labute approximate surface area is 177 Å². The number of carbonyl (C=O) groups is 1. The van der Waals surface area contributed by atoms with E-state index < -0.39 is 0 Å². The van der Waals surface area contributed by atoms with Gasteiger partial charge in [-0.05, 0) is 36.8 Å². The van der Waals surface area contributed by atoms with Crippen molar-refractivity contribution in [3.8, 4) is 5.75 Å². The lowest BCUT2D eigenvalue weighted by Gasteiger charge is -2.26. The van der Waals surface area contributed by atoms with E-state index in [1.54, 1.807) is 12.1 Å². The number of aryl methyl sites for hydroxylation is 1. The van der Waals surface area contributed by atoms with Crippen molar-refractivity contribution in [3.05, 3.63) is 82.1 Å². The molecule has 4 aromatic rings. The molecule has 2 aromatic heterocycles. The minimum Gasteiger partial charge on any atom is -0.493 e. The number of ether oxygens (including phenoxy) is 1. The van der Waals surface area contributed by atoms with Crippen LogP contribution in [0.4, 0.5) is 4.39 Å². The minimum absolute atomic E-state index is 0.0653. The smallest absolute Gasteiger partial charge is 0.261 e. The van der Waals surface area contributed by atoms with Crippen LogP contribution in [-0.2, 0) is 6.54 Å². The molecule has 7 heteroatoms. The van der Waals surface area contributed by atoms with Crippen LogP contribution in [0.1, 0.15) is 39.0 Å². The van der Waals surface area contributed by atoms with Gasteiger partial charge in [-0.3, -0.25) is 9.48 Å². The molecule has 0 saturated carbocycles. The average molecular weight is 421 g/mol. The molecule has 0 spiro atoms. The summed E-state index contributed by atoms with van der Waals surface area (Å²) in [6, 6.07) is 16.1. The van der Waals surface area contributed by atoms with Gasteiger partial charge in [0.2, 0.25) is 0 Å². The highest BCUT2D eigenvalue weighted by molar-refractivity contribution is 7.20. The molecule has 0 unspecified atom stereocenters. The topological polar surface area (TPSA) is 56.2 Å². The van der Waals surface area contributed by atoms with Crippen molar-refractivity contribution in [3.63, 3.8) is 0 Å². The monoisotopic (exact) mass is 421 g/mol. The van der Waals surface area contributed by atoms with Crippen LogP contribution in [0.2, 0.25) is 0 Å². The van der Waals surface area contributed by atoms with Gasteiger partial charge < -0.3 is 10.1 Å². The van der Waals surface area contributed by atoms with E-state index in [9.17, 15) is 9.18 Å². The molecule has 3 heterocycles. The predicted octanol–water partition coefficient (Wildman–Crippen LogP) is 4.85. The first-order valence-electron chi connectivity index (χ1n) is 9.82. The summed E-state index contributed by atoms with van der Waals surface area (Å²) in [5.41, 5.74) is 2.84. The van der Waals surface area contributed by atoms with Crippen molar-refractivity contribution < 1.29 is 13.9 Å². The van der Waals surface area contributed by atoms with E-state index in [0.717, 1.165) is 39.2 Å². The summed E-state index contributed by atoms with van der Waals surface area (Å²) in [7, 11) is 0. The Kier molecular flexibility index (Phi) is 4.75. The van der Waals surface area contributed by atoms with Crippen LogP contribution in [0, 0.1) is 12.7 Å². The molecule has 0 radical (unpaired) electrons. The summed E-state index contributed by atoms with van der Waals surface area (Å²) in [6.45, 7) is 3.05. The Hall–Kier alpha value is -3.19. The quantitative estimate of drug-likeness (QED) is 0.513. The Morgan fingerprint density at radius 1 is 1.27 bits per heavy atom. The summed E-state index contributed by atoms with van der Waals surface area (Å²) >= 11 is 1.43. The largest absolute Gasteiger partial charge is 0.493 e. The second-order valence-corrected chi connectivity index (χ2v) is 8.43. The van der Waals surface area contributed by atoms with Crippen molar-refractivity contribution in [2.75, 3.05) is 6.61 Å². The molecule has 5 rings (SSSR count). The first-order valence-corrected chi connectivity index (χ1v) is 10.6. The molecule has 1 amide bonds. The summed E-state index contributed by atoms with van der Waals surface area (Å²) < 4.78 is 20.8. The van der Waals surface area contributed by atoms with Crippen LogP contribution < -0.4 is 10.1 Å². The van der Waals surface area contributed by atoms with Crippen molar-refractivity contribution in [1.82, 2.24) is 15.1 Å². The third kappa shape index (κ3) is 3.45. The first kappa shape index (κ1) is 18.8. The van der Waals surface area contributed by atoms with E-state index in [0.29, 0.717) is 18.0 Å². The number of nitrogens with one attached hydrogen (secondary N) is 1. The van der Waals surface area contributed by atoms with Crippen LogP contribution >= 0.6 is 11.3 Å². The number of aromatic nitrogens is 2. The SMILES string of the molecule is Cc1nn(Cc2ccc(F)cc2)c2sc(C(=O)N[C@H]3CCOc4ccccc43)cc12. The summed E-state index contributed by atoms with van der Waals surface area (Å²) in [5.74, 6) is 0.479. The zero-order chi connectivity index (χ0) is 20.7. The van der Waals surface area contributed by atoms with Gasteiger partial charge in [-0.2, -0.15) is 5.10 Å². The normalized spacial score (nSPS) is 15.6. The first-order chi connectivity index (χ1) is 14.6. The highest BCUT2D eigenvalue weighted by Crippen LogP contribution is 2.33. The zero-order valence-electron chi connectivity index (χ0n) is 16.4. The maximum Gasteiger partial charge on any atom is 0.261 e. The Balaban J connectivity index is 1.40. The van der Waals surface area contributed by atoms with E-state index in [2.05, 4.69) is 10.4 Å². The van der Waals surface area contributed by atoms with Gasteiger partial charge in [0.25, 0.3) is 5.91 Å². The van der Waals surface area contributed by atoms with Crippen molar-refractivity contribution in [2.45, 2.75) is 25.9 Å². The van der Waals surface area contributed by atoms with Crippen molar-refractivity contribution in [1.29, 1.82) is 0 Å². The summed E-state index contributed by atoms with van der Waals surface area (Å²) in [4.78, 5) is 14.6. The van der Waals surface area contributed by atoms with Crippen LogP contribution in [0.5, 0.6) is 5.75 Å². The number of para-hydroxylation sites is 1. The lowest BCUT2D eigenvalue weighted by Crippen LogP contribution is -2.31. The van der Waals surface area contributed by atoms with Gasteiger partial charge in [-0.15, -0.1) is 11.3 Å². The number of rotatable bonds is 4. The molecule has 2 aromatic carbocycles. The maximum atomic E-state index is 13.2. The molecule has 30 heavy (non-hydrogen) atoms. The van der Waals surface area contributed by atoms with Gasteiger partial charge in [-0.25, -0.2) is 4.39 Å². The molecule has 1 aliphatic rings. The Morgan fingerprint density at radius 3 is 2.90 bits per heavy atom. The van der Waals surface area contributed by atoms with Gasteiger partial charge in [0, 0.05) is 17.4 Å². The van der Waals surface area contributed by atoms with E-state index in [1.807, 2.05) is 41.9 Å². The standard InChI is InChI=1S/C23H20FN3O2S/c1-14-18-12-21(22(28)25-19-10-11-29-20-5-3-2-4-17(19)20)30-23(18)27(26-14)13-15-6-8-16(24)9-7-15/h2-9,12,19H,10-11,13H2,1H3,(H,25,28)/t19-/m0/s1.